The number of hydrogen-bond acceptors (Lipinski definition) is 5. The molecule has 8 heteroatoms. The molecule has 2 rings (SSSR count). The van der Waals surface area contributed by atoms with E-state index in [0.29, 0.717) is 16.3 Å². The van der Waals surface area contributed by atoms with Gasteiger partial charge in [0.15, 0.2) is 0 Å². The summed E-state index contributed by atoms with van der Waals surface area (Å²) in [6.45, 7) is 0. The van der Waals surface area contributed by atoms with Crippen LogP contribution in [0.15, 0.2) is 47.6 Å². The number of hydrazone groups is 1. The highest BCUT2D eigenvalue weighted by Crippen LogP contribution is 2.27. The quantitative estimate of drug-likeness (QED) is 0.448. The summed E-state index contributed by atoms with van der Waals surface area (Å²) in [5, 5.41) is 15.9. The molecule has 0 radical (unpaired) electrons. The summed E-state index contributed by atoms with van der Waals surface area (Å²) in [5.74, 6) is -1.56. The van der Waals surface area contributed by atoms with E-state index >= 15 is 0 Å². The number of benzene rings is 2. The van der Waals surface area contributed by atoms with Crippen molar-refractivity contribution in [3.05, 3.63) is 53.1 Å². The predicted molar refractivity (Wildman–Crippen MR) is 90.5 cm³/mol. The highest BCUT2D eigenvalue weighted by molar-refractivity contribution is 6.40. The molecular weight excluding hydrogens is 334 g/mol. The number of amides is 2. The SMILES string of the molecule is COc1ccc(Cl)cc1NC(=O)C(=O)N/N=C\c1ccccc1O. The standard InChI is InChI=1S/C16H14ClN3O4/c1-24-14-7-6-11(17)8-12(14)19-15(22)16(23)20-18-9-10-4-2-3-5-13(10)21/h2-9,21H,1H3,(H,19,22)(H,20,23)/b18-9-. The highest BCUT2D eigenvalue weighted by atomic mass is 35.5. The molecule has 124 valence electrons. The lowest BCUT2D eigenvalue weighted by Gasteiger charge is -2.09. The van der Waals surface area contributed by atoms with E-state index in [-0.39, 0.29) is 11.4 Å². The van der Waals surface area contributed by atoms with Crippen molar-refractivity contribution < 1.29 is 19.4 Å². The van der Waals surface area contributed by atoms with Crippen molar-refractivity contribution in [3.63, 3.8) is 0 Å². The van der Waals surface area contributed by atoms with Crippen molar-refractivity contribution >= 4 is 35.3 Å². The third-order valence-corrected chi connectivity index (χ3v) is 3.16. The number of hydrogen-bond donors (Lipinski definition) is 3. The summed E-state index contributed by atoms with van der Waals surface area (Å²) in [6, 6.07) is 11.0. The predicted octanol–water partition coefficient (Wildman–Crippen LogP) is 2.14. The molecule has 0 unspecified atom stereocenters. The van der Waals surface area contributed by atoms with Gasteiger partial charge in [-0.2, -0.15) is 5.10 Å². The fraction of sp³-hybridized carbons (Fsp3) is 0.0625. The van der Waals surface area contributed by atoms with Crippen LogP contribution < -0.4 is 15.5 Å². The van der Waals surface area contributed by atoms with Crippen molar-refractivity contribution in [3.8, 4) is 11.5 Å². The van der Waals surface area contributed by atoms with E-state index in [1.807, 2.05) is 0 Å². The van der Waals surface area contributed by atoms with Gasteiger partial charge in [0, 0.05) is 10.6 Å². The normalized spacial score (nSPS) is 10.4. The molecule has 0 bridgehead atoms. The Hall–Kier alpha value is -3.06. The van der Waals surface area contributed by atoms with Crippen LogP contribution in [-0.2, 0) is 9.59 Å². The molecule has 0 saturated carbocycles. The number of anilines is 1. The Morgan fingerprint density at radius 2 is 1.96 bits per heavy atom. The number of phenols is 1. The Balaban J connectivity index is 1.99. The molecule has 0 heterocycles. The number of aromatic hydroxyl groups is 1. The van der Waals surface area contributed by atoms with E-state index in [9.17, 15) is 14.7 Å². The van der Waals surface area contributed by atoms with Gasteiger partial charge >= 0.3 is 11.8 Å². The van der Waals surface area contributed by atoms with Crippen LogP contribution in [0.2, 0.25) is 5.02 Å². The third kappa shape index (κ3) is 4.47. The number of carbonyl (C=O) groups excluding carboxylic acids is 2. The van der Waals surface area contributed by atoms with E-state index in [2.05, 4.69) is 15.8 Å². The van der Waals surface area contributed by atoms with Crippen LogP contribution in [0, 0.1) is 0 Å². The second kappa shape index (κ2) is 7.98. The zero-order valence-electron chi connectivity index (χ0n) is 12.6. The van der Waals surface area contributed by atoms with Gasteiger partial charge in [-0.3, -0.25) is 9.59 Å². The van der Waals surface area contributed by atoms with Gasteiger partial charge in [-0.25, -0.2) is 5.43 Å². The number of nitrogens with one attached hydrogen (secondary N) is 2. The van der Waals surface area contributed by atoms with Crippen molar-refractivity contribution in [1.82, 2.24) is 5.43 Å². The molecule has 0 fully saturated rings. The minimum absolute atomic E-state index is 0.00335. The Morgan fingerprint density at radius 1 is 1.21 bits per heavy atom. The second-order valence-electron chi connectivity index (χ2n) is 4.56. The zero-order valence-corrected chi connectivity index (χ0v) is 13.4. The Bertz CT molecular complexity index is 793. The van der Waals surface area contributed by atoms with Gasteiger partial charge in [0.25, 0.3) is 0 Å². The summed E-state index contributed by atoms with van der Waals surface area (Å²) in [6.07, 6.45) is 1.22. The molecule has 3 N–H and O–H groups in total. The van der Waals surface area contributed by atoms with Crippen molar-refractivity contribution in [1.29, 1.82) is 0 Å². The first-order valence-corrected chi connectivity index (χ1v) is 7.15. The fourth-order valence-electron chi connectivity index (χ4n) is 1.76. The second-order valence-corrected chi connectivity index (χ2v) is 4.99. The number of halogens is 1. The maximum absolute atomic E-state index is 11.9. The lowest BCUT2D eigenvalue weighted by molar-refractivity contribution is -0.136. The molecule has 2 aromatic carbocycles. The topological polar surface area (TPSA) is 100 Å². The van der Waals surface area contributed by atoms with Crippen molar-refractivity contribution in [2.24, 2.45) is 5.10 Å². The maximum Gasteiger partial charge on any atom is 0.329 e. The van der Waals surface area contributed by atoms with Gasteiger partial charge < -0.3 is 15.2 Å². The number of methoxy groups -OCH3 is 1. The van der Waals surface area contributed by atoms with Crippen LogP contribution in [0.5, 0.6) is 11.5 Å². The molecule has 0 atom stereocenters. The van der Waals surface area contributed by atoms with Gasteiger partial charge in [0.1, 0.15) is 11.5 Å². The average Bonchev–Trinajstić information content (AvgIpc) is 2.56. The van der Waals surface area contributed by atoms with Gasteiger partial charge in [-0.15, -0.1) is 0 Å². The molecule has 2 amide bonds. The molecule has 0 aliphatic rings. The average molecular weight is 348 g/mol. The van der Waals surface area contributed by atoms with Crippen LogP contribution in [-0.4, -0.2) is 30.2 Å². The lowest BCUT2D eigenvalue weighted by Crippen LogP contribution is -2.32. The molecule has 7 nitrogen and oxygen atoms in total. The van der Waals surface area contributed by atoms with E-state index in [0.717, 1.165) is 0 Å². The van der Waals surface area contributed by atoms with Crippen LogP contribution in [0.4, 0.5) is 5.69 Å². The lowest BCUT2D eigenvalue weighted by atomic mass is 10.2. The van der Waals surface area contributed by atoms with Crippen molar-refractivity contribution in [2.45, 2.75) is 0 Å². The summed E-state index contributed by atoms with van der Waals surface area (Å²) in [5.41, 5.74) is 2.72. The number of rotatable bonds is 4. The summed E-state index contributed by atoms with van der Waals surface area (Å²) >= 11 is 5.85. The van der Waals surface area contributed by atoms with Gasteiger partial charge in [0.2, 0.25) is 0 Å². The number of para-hydroxylation sites is 1. The fourth-order valence-corrected chi connectivity index (χ4v) is 1.94. The molecule has 0 aromatic heterocycles. The molecule has 24 heavy (non-hydrogen) atoms. The summed E-state index contributed by atoms with van der Waals surface area (Å²) in [4.78, 5) is 23.6. The summed E-state index contributed by atoms with van der Waals surface area (Å²) in [7, 11) is 1.43. The number of carbonyl (C=O) groups is 2. The Labute approximate surface area is 142 Å². The van der Waals surface area contributed by atoms with E-state index in [4.69, 9.17) is 16.3 Å². The molecule has 0 spiro atoms. The first-order valence-electron chi connectivity index (χ1n) is 6.77. The first kappa shape index (κ1) is 17.3. The van der Waals surface area contributed by atoms with Crippen LogP contribution >= 0.6 is 11.6 Å². The van der Waals surface area contributed by atoms with Crippen LogP contribution in [0.1, 0.15) is 5.56 Å². The Kier molecular flexibility index (Phi) is 5.75. The molecule has 0 saturated heterocycles. The minimum atomic E-state index is -0.983. The Morgan fingerprint density at radius 3 is 2.67 bits per heavy atom. The van der Waals surface area contributed by atoms with Gasteiger partial charge in [-0.1, -0.05) is 23.7 Å². The van der Waals surface area contributed by atoms with Crippen LogP contribution in [0.3, 0.4) is 0 Å². The molecule has 0 aliphatic carbocycles. The molecule has 2 aromatic rings. The molecular formula is C16H14ClN3O4. The first-order chi connectivity index (χ1) is 11.5. The van der Waals surface area contributed by atoms with Gasteiger partial charge in [0.05, 0.1) is 19.0 Å². The van der Waals surface area contributed by atoms with Gasteiger partial charge in [-0.05, 0) is 30.3 Å². The summed E-state index contributed by atoms with van der Waals surface area (Å²) < 4.78 is 5.07. The number of nitrogens with zero attached hydrogens (tertiary/aromatic N) is 1. The maximum atomic E-state index is 11.9. The largest absolute Gasteiger partial charge is 0.507 e. The van der Waals surface area contributed by atoms with E-state index < -0.39 is 11.8 Å². The smallest absolute Gasteiger partial charge is 0.329 e. The van der Waals surface area contributed by atoms with Crippen molar-refractivity contribution in [2.75, 3.05) is 12.4 Å². The van der Waals surface area contributed by atoms with E-state index in [1.54, 1.807) is 30.3 Å². The van der Waals surface area contributed by atoms with E-state index in [1.165, 1.54) is 25.5 Å². The zero-order chi connectivity index (χ0) is 17.5. The number of ether oxygens (including phenoxy) is 1. The third-order valence-electron chi connectivity index (χ3n) is 2.92. The highest BCUT2D eigenvalue weighted by Gasteiger charge is 2.15. The minimum Gasteiger partial charge on any atom is -0.507 e. The number of phenolic OH excluding ortho intramolecular Hbond substituents is 1. The van der Waals surface area contributed by atoms with Crippen LogP contribution in [0.25, 0.3) is 0 Å². The molecule has 0 aliphatic heterocycles. The monoisotopic (exact) mass is 347 g/mol.